The van der Waals surface area contributed by atoms with Crippen molar-refractivity contribution >= 4 is 34.4 Å². The number of carbonyl (C=O) groups excluding carboxylic acids is 2. The van der Waals surface area contributed by atoms with E-state index in [9.17, 15) is 18.0 Å². The summed E-state index contributed by atoms with van der Waals surface area (Å²) in [6.07, 6.45) is 3.50. The Balaban J connectivity index is 1.65. The predicted octanol–water partition coefficient (Wildman–Crippen LogP) is 2.34. The molecule has 2 fully saturated rings. The van der Waals surface area contributed by atoms with Gasteiger partial charge in [-0.15, -0.1) is 0 Å². The highest BCUT2D eigenvalue weighted by Crippen LogP contribution is 2.36. The van der Waals surface area contributed by atoms with Gasteiger partial charge in [-0.05, 0) is 73.1 Å². The summed E-state index contributed by atoms with van der Waals surface area (Å²) < 4.78 is 43.7. The number of carbonyl (C=O) groups is 2. The summed E-state index contributed by atoms with van der Waals surface area (Å²) in [7, 11) is -4.49. The topological polar surface area (TPSA) is 137 Å². The van der Waals surface area contributed by atoms with Gasteiger partial charge >= 0.3 is 13.2 Å². The van der Waals surface area contributed by atoms with Crippen molar-refractivity contribution in [1.29, 1.82) is 0 Å². The number of hydrogen-bond donors (Lipinski definition) is 1. The third-order valence-electron chi connectivity index (χ3n) is 7.34. The number of nitrogens with one attached hydrogen (secondary N) is 1. The minimum Gasteiger partial charge on any atom is -0.444 e. The lowest BCUT2D eigenvalue weighted by Gasteiger charge is -2.36. The fourth-order valence-electron chi connectivity index (χ4n) is 4.52. The molecule has 0 unspecified atom stereocenters. The SMILES string of the molecule is CC(C)[C@@H](NC(=O)OC(C)(C)C)C(=O)N1CCC[C@H](CS(=O)(=O)c2ncc(B3OC(C)(C)C(C)(C)O3)cn2)C1. The Morgan fingerprint density at radius 2 is 1.72 bits per heavy atom. The monoisotopic (exact) mass is 566 g/mol. The van der Waals surface area contributed by atoms with Crippen molar-refractivity contribution in [3.05, 3.63) is 12.4 Å². The Hall–Kier alpha value is -2.25. The van der Waals surface area contributed by atoms with E-state index in [4.69, 9.17) is 14.0 Å². The number of hydrogen-bond acceptors (Lipinski definition) is 9. The number of aromatic nitrogens is 2. The summed E-state index contributed by atoms with van der Waals surface area (Å²) in [6.45, 7) is 17.4. The van der Waals surface area contributed by atoms with Gasteiger partial charge in [0.25, 0.3) is 0 Å². The molecule has 0 aromatic carbocycles. The Bertz CT molecular complexity index is 1130. The molecule has 2 amide bonds. The smallest absolute Gasteiger partial charge is 0.444 e. The summed E-state index contributed by atoms with van der Waals surface area (Å²) in [6, 6.07) is -0.777. The predicted molar refractivity (Wildman–Crippen MR) is 147 cm³/mol. The van der Waals surface area contributed by atoms with E-state index < -0.39 is 45.9 Å². The number of piperidine rings is 1. The molecule has 0 radical (unpaired) electrons. The van der Waals surface area contributed by atoms with Crippen LogP contribution in [0.25, 0.3) is 0 Å². The molecular formula is C26H43BN4O7S. The molecule has 1 N–H and O–H groups in total. The number of rotatable bonds is 7. The van der Waals surface area contributed by atoms with Gasteiger partial charge in [-0.25, -0.2) is 23.2 Å². The van der Waals surface area contributed by atoms with Crippen molar-refractivity contribution in [1.82, 2.24) is 20.2 Å². The molecule has 2 saturated heterocycles. The van der Waals surface area contributed by atoms with Crippen LogP contribution in [0.15, 0.2) is 17.6 Å². The van der Waals surface area contributed by atoms with E-state index in [2.05, 4.69) is 15.3 Å². The average molecular weight is 567 g/mol. The zero-order valence-electron chi connectivity index (χ0n) is 24.6. The Morgan fingerprint density at radius 3 is 2.23 bits per heavy atom. The number of alkyl carbamates (subject to hydrolysis) is 1. The maximum absolute atomic E-state index is 13.3. The van der Waals surface area contributed by atoms with Crippen LogP contribution in [-0.2, 0) is 28.7 Å². The first-order valence-corrected chi connectivity index (χ1v) is 15.2. The molecular weight excluding hydrogens is 523 g/mol. The summed E-state index contributed by atoms with van der Waals surface area (Å²) in [4.78, 5) is 35.5. The normalized spacial score (nSPS) is 22.1. The summed E-state index contributed by atoms with van der Waals surface area (Å²) >= 11 is 0. The lowest BCUT2D eigenvalue weighted by Crippen LogP contribution is -2.54. The van der Waals surface area contributed by atoms with Gasteiger partial charge in [0.2, 0.25) is 20.9 Å². The number of amides is 2. The van der Waals surface area contributed by atoms with Crippen LogP contribution in [0.4, 0.5) is 4.79 Å². The molecule has 3 rings (SSSR count). The van der Waals surface area contributed by atoms with Crippen LogP contribution in [0.5, 0.6) is 0 Å². The van der Waals surface area contributed by atoms with Gasteiger partial charge in [0.05, 0.1) is 17.0 Å². The number of nitrogens with zero attached hydrogens (tertiary/aromatic N) is 3. The molecule has 2 aliphatic rings. The van der Waals surface area contributed by atoms with E-state index in [1.807, 2.05) is 41.5 Å². The molecule has 2 aliphatic heterocycles. The van der Waals surface area contributed by atoms with Gasteiger partial charge < -0.3 is 24.3 Å². The van der Waals surface area contributed by atoms with E-state index in [0.717, 1.165) is 0 Å². The van der Waals surface area contributed by atoms with Gasteiger partial charge in [-0.2, -0.15) is 0 Å². The minimum atomic E-state index is -3.80. The molecule has 0 saturated carbocycles. The summed E-state index contributed by atoms with van der Waals surface area (Å²) in [5.41, 5.74) is -1.23. The standard InChI is InChI=1S/C26H43BN4O7S/c1-17(2)20(30-23(33)36-24(3,4)5)21(32)31-12-10-11-18(15-31)16-39(34,35)22-28-13-19(14-29-22)27-37-25(6,7)26(8,9)38-27/h13-14,17-18,20H,10-12,15-16H2,1-9H3,(H,30,33)/t18-,20+/m0/s1. The largest absolute Gasteiger partial charge is 0.498 e. The Morgan fingerprint density at radius 1 is 1.15 bits per heavy atom. The van der Waals surface area contributed by atoms with E-state index >= 15 is 0 Å². The van der Waals surface area contributed by atoms with Crippen LogP contribution in [-0.4, -0.2) is 84.1 Å². The fourth-order valence-corrected chi connectivity index (χ4v) is 5.99. The first-order chi connectivity index (χ1) is 17.8. The number of ether oxygens (including phenoxy) is 1. The van der Waals surface area contributed by atoms with Crippen molar-refractivity contribution in [3.8, 4) is 0 Å². The van der Waals surface area contributed by atoms with Crippen LogP contribution in [0.2, 0.25) is 0 Å². The third kappa shape index (κ3) is 7.70. The van der Waals surface area contributed by atoms with Crippen molar-refractivity contribution < 1.29 is 32.1 Å². The second kappa shape index (κ2) is 11.3. The maximum Gasteiger partial charge on any atom is 0.498 e. The van der Waals surface area contributed by atoms with Gasteiger partial charge in [0.15, 0.2) is 0 Å². The number of likely N-dealkylation sites (tertiary alicyclic amines) is 1. The fraction of sp³-hybridized carbons (Fsp3) is 0.769. The zero-order chi connectivity index (χ0) is 29.4. The van der Waals surface area contributed by atoms with Crippen LogP contribution in [0, 0.1) is 11.8 Å². The molecule has 1 aromatic heterocycles. The van der Waals surface area contributed by atoms with E-state index in [0.29, 0.717) is 24.8 Å². The van der Waals surface area contributed by atoms with Crippen molar-refractivity contribution in [2.75, 3.05) is 18.8 Å². The molecule has 0 spiro atoms. The van der Waals surface area contributed by atoms with Crippen LogP contribution >= 0.6 is 0 Å². The minimum absolute atomic E-state index is 0.176. The maximum atomic E-state index is 13.3. The lowest BCUT2D eigenvalue weighted by molar-refractivity contribution is -0.136. The second-order valence-corrected chi connectivity index (χ2v) is 14.8. The van der Waals surface area contributed by atoms with Crippen molar-refractivity contribution in [3.63, 3.8) is 0 Å². The van der Waals surface area contributed by atoms with Gasteiger partial charge in [-0.1, -0.05) is 13.8 Å². The molecule has 0 aliphatic carbocycles. The van der Waals surface area contributed by atoms with Crippen LogP contribution in [0.1, 0.15) is 75.2 Å². The van der Waals surface area contributed by atoms with Gasteiger partial charge in [-0.3, -0.25) is 4.79 Å². The third-order valence-corrected chi connectivity index (χ3v) is 9.02. The van der Waals surface area contributed by atoms with Crippen molar-refractivity contribution in [2.24, 2.45) is 11.8 Å². The first-order valence-electron chi connectivity index (χ1n) is 13.5. The van der Waals surface area contributed by atoms with E-state index in [1.165, 1.54) is 12.4 Å². The van der Waals surface area contributed by atoms with E-state index in [1.54, 1.807) is 25.7 Å². The highest BCUT2D eigenvalue weighted by molar-refractivity contribution is 7.91. The van der Waals surface area contributed by atoms with E-state index in [-0.39, 0.29) is 35.2 Å². The summed E-state index contributed by atoms with van der Waals surface area (Å²) in [5.74, 6) is -0.891. The van der Waals surface area contributed by atoms with Crippen molar-refractivity contribution in [2.45, 2.75) is 103 Å². The highest BCUT2D eigenvalue weighted by Gasteiger charge is 2.52. The molecule has 39 heavy (non-hydrogen) atoms. The lowest BCUT2D eigenvalue weighted by atomic mass is 9.81. The molecule has 3 heterocycles. The van der Waals surface area contributed by atoms with Gasteiger partial charge in [0.1, 0.15) is 11.6 Å². The second-order valence-electron chi connectivity index (χ2n) is 12.8. The average Bonchev–Trinajstić information content (AvgIpc) is 3.02. The summed E-state index contributed by atoms with van der Waals surface area (Å²) in [5, 5.41) is 2.42. The quantitative estimate of drug-likeness (QED) is 0.389. The molecule has 1 aromatic rings. The number of sulfone groups is 1. The first kappa shape index (κ1) is 31.3. The zero-order valence-corrected chi connectivity index (χ0v) is 25.4. The highest BCUT2D eigenvalue weighted by atomic mass is 32.2. The molecule has 11 nitrogen and oxygen atoms in total. The molecule has 2 atom stereocenters. The Labute approximate surface area is 232 Å². The van der Waals surface area contributed by atoms with Gasteiger partial charge in [0, 0.05) is 30.9 Å². The molecule has 218 valence electrons. The molecule has 13 heteroatoms. The van der Waals surface area contributed by atoms with Crippen LogP contribution in [0.3, 0.4) is 0 Å². The van der Waals surface area contributed by atoms with Crippen LogP contribution < -0.4 is 10.8 Å². The molecule has 0 bridgehead atoms. The Kier molecular flexibility index (Phi) is 9.08.